The Hall–Kier alpha value is -6.45. The van der Waals surface area contributed by atoms with Gasteiger partial charge in [-0.1, -0.05) is 127 Å². The summed E-state index contributed by atoms with van der Waals surface area (Å²) < 4.78 is 6.38. The Labute approximate surface area is 279 Å². The fourth-order valence-electron chi connectivity index (χ4n) is 6.60. The molecule has 0 saturated heterocycles. The number of anilines is 3. The lowest BCUT2D eigenvalue weighted by Gasteiger charge is -2.26. The van der Waals surface area contributed by atoms with Gasteiger partial charge in [0.2, 0.25) is 5.71 Å². The van der Waals surface area contributed by atoms with Crippen LogP contribution in [0.2, 0.25) is 0 Å². The van der Waals surface area contributed by atoms with Crippen LogP contribution in [0.4, 0.5) is 17.1 Å². The van der Waals surface area contributed by atoms with Crippen molar-refractivity contribution >= 4 is 50.0 Å². The summed E-state index contributed by atoms with van der Waals surface area (Å²) >= 11 is 0. The average Bonchev–Trinajstić information content (AvgIpc) is 3.52. The van der Waals surface area contributed by atoms with Crippen molar-refractivity contribution in [1.29, 1.82) is 0 Å². The number of pyridine rings is 1. The van der Waals surface area contributed by atoms with E-state index in [9.17, 15) is 0 Å². The van der Waals surface area contributed by atoms with Crippen LogP contribution in [0.1, 0.15) is 0 Å². The fraction of sp³-hybridized carbons (Fsp3) is 0. The molecule has 0 atom stereocenters. The number of rotatable bonds is 6. The van der Waals surface area contributed by atoms with Crippen LogP contribution in [0.5, 0.6) is 0 Å². The molecular formula is C45H30N2O. The summed E-state index contributed by atoms with van der Waals surface area (Å²) in [6.07, 6.45) is 0. The molecule has 0 fully saturated rings. The van der Waals surface area contributed by atoms with Crippen LogP contribution in [0.15, 0.2) is 186 Å². The molecular weight excluding hydrogens is 585 g/mol. The largest absolute Gasteiger partial charge is 0.438 e. The molecule has 2 aromatic heterocycles. The third kappa shape index (κ3) is 5.08. The normalized spacial score (nSPS) is 11.3. The van der Waals surface area contributed by atoms with E-state index in [1.165, 1.54) is 33.4 Å². The van der Waals surface area contributed by atoms with E-state index in [0.29, 0.717) is 5.71 Å². The maximum absolute atomic E-state index is 6.38. The first-order valence-electron chi connectivity index (χ1n) is 16.2. The van der Waals surface area contributed by atoms with Gasteiger partial charge < -0.3 is 9.32 Å². The minimum atomic E-state index is 0.655. The lowest BCUT2D eigenvalue weighted by Crippen LogP contribution is -2.09. The number of para-hydroxylation sites is 1. The molecule has 0 bridgehead atoms. The van der Waals surface area contributed by atoms with Crippen LogP contribution in [0, 0.1) is 0 Å². The Balaban J connectivity index is 1.11. The van der Waals surface area contributed by atoms with Crippen LogP contribution >= 0.6 is 0 Å². The van der Waals surface area contributed by atoms with Gasteiger partial charge in [0.25, 0.3) is 0 Å². The summed E-state index contributed by atoms with van der Waals surface area (Å²) in [7, 11) is 0. The molecule has 0 amide bonds. The van der Waals surface area contributed by atoms with Crippen LogP contribution < -0.4 is 4.90 Å². The number of hydrogen-bond donors (Lipinski definition) is 0. The Morgan fingerprint density at radius 2 is 0.833 bits per heavy atom. The number of fused-ring (bicyclic) bond motifs is 4. The lowest BCUT2D eigenvalue weighted by atomic mass is 10.00. The van der Waals surface area contributed by atoms with E-state index in [4.69, 9.17) is 9.40 Å². The molecule has 0 spiro atoms. The zero-order valence-electron chi connectivity index (χ0n) is 26.1. The Morgan fingerprint density at radius 1 is 0.375 bits per heavy atom. The first-order chi connectivity index (χ1) is 23.8. The van der Waals surface area contributed by atoms with Gasteiger partial charge in [-0.2, -0.15) is 0 Å². The minimum Gasteiger partial charge on any atom is -0.438 e. The topological polar surface area (TPSA) is 29.3 Å². The van der Waals surface area contributed by atoms with Crippen molar-refractivity contribution in [2.45, 2.75) is 0 Å². The molecule has 9 rings (SSSR count). The zero-order chi connectivity index (χ0) is 31.9. The molecule has 226 valence electrons. The number of benzene rings is 7. The molecule has 0 N–H and O–H groups in total. The first-order valence-corrected chi connectivity index (χ1v) is 16.2. The molecule has 9 aromatic rings. The van der Waals surface area contributed by atoms with Crippen molar-refractivity contribution in [3.63, 3.8) is 0 Å². The predicted molar refractivity (Wildman–Crippen MR) is 200 cm³/mol. The van der Waals surface area contributed by atoms with Gasteiger partial charge in [-0.05, 0) is 81.9 Å². The van der Waals surface area contributed by atoms with Gasteiger partial charge in [0.1, 0.15) is 5.58 Å². The summed E-state index contributed by atoms with van der Waals surface area (Å²) in [6, 6.07) is 64.1. The van der Waals surface area contributed by atoms with Gasteiger partial charge in [-0.15, -0.1) is 0 Å². The van der Waals surface area contributed by atoms with Gasteiger partial charge in [0, 0.05) is 39.3 Å². The first kappa shape index (κ1) is 27.8. The maximum Gasteiger partial charge on any atom is 0.227 e. The molecule has 0 radical (unpaired) electrons. The van der Waals surface area contributed by atoms with Crippen LogP contribution in [-0.4, -0.2) is 4.98 Å². The Kier molecular flexibility index (Phi) is 6.80. The van der Waals surface area contributed by atoms with Crippen molar-refractivity contribution in [2.75, 3.05) is 4.90 Å². The van der Waals surface area contributed by atoms with E-state index in [2.05, 4.69) is 157 Å². The molecule has 0 saturated carbocycles. The predicted octanol–water partition coefficient (Wildman–Crippen LogP) is 12.6. The van der Waals surface area contributed by atoms with Gasteiger partial charge in [-0.25, -0.2) is 4.98 Å². The summed E-state index contributed by atoms with van der Waals surface area (Å²) in [5.41, 5.74) is 12.7. The van der Waals surface area contributed by atoms with Crippen LogP contribution in [0.25, 0.3) is 66.4 Å². The number of aromatic nitrogens is 1. The molecule has 2 heterocycles. The van der Waals surface area contributed by atoms with E-state index in [0.717, 1.165) is 44.3 Å². The summed E-state index contributed by atoms with van der Waals surface area (Å²) in [5.74, 6) is 0. The van der Waals surface area contributed by atoms with E-state index in [-0.39, 0.29) is 0 Å². The molecule has 3 heteroatoms. The maximum atomic E-state index is 6.38. The Morgan fingerprint density at radius 3 is 1.40 bits per heavy atom. The minimum absolute atomic E-state index is 0.655. The second kappa shape index (κ2) is 11.7. The number of furan rings is 1. The molecule has 0 unspecified atom stereocenters. The van der Waals surface area contributed by atoms with Crippen LogP contribution in [0.3, 0.4) is 0 Å². The highest BCUT2D eigenvalue weighted by Gasteiger charge is 2.17. The van der Waals surface area contributed by atoms with Gasteiger partial charge in [0.05, 0.1) is 5.52 Å². The molecule has 0 aliphatic heterocycles. The Bertz CT molecular complexity index is 2520. The summed E-state index contributed by atoms with van der Waals surface area (Å²) in [6.45, 7) is 0. The molecule has 0 aliphatic carbocycles. The molecule has 0 aliphatic rings. The highest BCUT2D eigenvalue weighted by Crippen LogP contribution is 2.40. The average molecular weight is 615 g/mol. The van der Waals surface area contributed by atoms with E-state index in [1.54, 1.807) is 0 Å². The standard InChI is InChI=1S/C45H30N2O/c1-3-9-31(10-4-1)33-15-17-34(18-16-33)36-21-25-39(26-22-36)47(38-23-19-35(20-24-38)32-11-5-2-6-12-32)40-27-28-41-42-29-37-13-7-8-14-43(37)46-45(42)48-44(41)30-40/h1-30H. The summed E-state index contributed by atoms with van der Waals surface area (Å²) in [5, 5.41) is 3.18. The third-order valence-corrected chi connectivity index (χ3v) is 9.09. The second-order valence-electron chi connectivity index (χ2n) is 12.1. The zero-order valence-corrected chi connectivity index (χ0v) is 26.1. The quantitative estimate of drug-likeness (QED) is 0.187. The molecule has 48 heavy (non-hydrogen) atoms. The van der Waals surface area contributed by atoms with E-state index >= 15 is 0 Å². The smallest absolute Gasteiger partial charge is 0.227 e. The van der Waals surface area contributed by atoms with E-state index < -0.39 is 0 Å². The third-order valence-electron chi connectivity index (χ3n) is 9.09. The van der Waals surface area contributed by atoms with Crippen molar-refractivity contribution in [3.05, 3.63) is 182 Å². The highest BCUT2D eigenvalue weighted by atomic mass is 16.3. The SMILES string of the molecule is c1ccc(-c2ccc(-c3ccc(N(c4ccc(-c5ccccc5)cc4)c4ccc5c(c4)oc4nc6ccccc6cc45)cc3)cc2)cc1. The monoisotopic (exact) mass is 614 g/mol. The van der Waals surface area contributed by atoms with Gasteiger partial charge in [-0.3, -0.25) is 0 Å². The highest BCUT2D eigenvalue weighted by molar-refractivity contribution is 6.08. The fourth-order valence-corrected chi connectivity index (χ4v) is 6.60. The van der Waals surface area contributed by atoms with Crippen molar-refractivity contribution in [1.82, 2.24) is 4.98 Å². The summed E-state index contributed by atoms with van der Waals surface area (Å²) in [4.78, 5) is 7.11. The van der Waals surface area contributed by atoms with E-state index in [1.807, 2.05) is 30.3 Å². The molecule has 3 nitrogen and oxygen atoms in total. The lowest BCUT2D eigenvalue weighted by molar-refractivity contribution is 0.656. The van der Waals surface area contributed by atoms with Crippen LogP contribution in [-0.2, 0) is 0 Å². The number of nitrogens with zero attached hydrogens (tertiary/aromatic N) is 2. The van der Waals surface area contributed by atoms with Crippen molar-refractivity contribution in [3.8, 4) is 33.4 Å². The van der Waals surface area contributed by atoms with Gasteiger partial charge in [0.15, 0.2) is 0 Å². The van der Waals surface area contributed by atoms with Crippen molar-refractivity contribution < 1.29 is 4.42 Å². The van der Waals surface area contributed by atoms with Crippen molar-refractivity contribution in [2.24, 2.45) is 0 Å². The number of hydrogen-bond acceptors (Lipinski definition) is 3. The van der Waals surface area contributed by atoms with Gasteiger partial charge >= 0.3 is 0 Å². The molecule has 7 aromatic carbocycles. The second-order valence-corrected chi connectivity index (χ2v) is 12.1.